The zero-order valence-corrected chi connectivity index (χ0v) is 10.4. The minimum atomic E-state index is -0.544. The van der Waals surface area contributed by atoms with Gasteiger partial charge in [0.15, 0.2) is 0 Å². The van der Waals surface area contributed by atoms with E-state index in [0.717, 1.165) is 18.4 Å². The monoisotopic (exact) mass is 263 g/mol. The summed E-state index contributed by atoms with van der Waals surface area (Å²) in [5, 5.41) is 9.99. The number of hydrogen-bond donors (Lipinski definition) is 1. The summed E-state index contributed by atoms with van der Waals surface area (Å²) in [7, 11) is 0. The highest BCUT2D eigenvalue weighted by molar-refractivity contribution is 5.22. The van der Waals surface area contributed by atoms with Gasteiger partial charge in [-0.25, -0.2) is 8.78 Å². The van der Waals surface area contributed by atoms with Crippen LogP contribution >= 0.6 is 0 Å². The van der Waals surface area contributed by atoms with E-state index >= 15 is 0 Å². The van der Waals surface area contributed by atoms with E-state index < -0.39 is 17.7 Å². The molecule has 0 amide bonds. The topological polar surface area (TPSA) is 25.2 Å². The average molecular weight is 263 g/mol. The summed E-state index contributed by atoms with van der Waals surface area (Å²) in [5.41, 5.74) is 0.866. The molecule has 3 rings (SSSR count). The Labute approximate surface area is 110 Å². The molecule has 0 radical (unpaired) electrons. The SMILES string of the molecule is OC(c1ccn(Cc2c(F)cccc2F)c1)C1CC1. The van der Waals surface area contributed by atoms with Gasteiger partial charge in [-0.15, -0.1) is 0 Å². The third-order valence-electron chi connectivity index (χ3n) is 3.59. The van der Waals surface area contributed by atoms with E-state index in [1.165, 1.54) is 18.2 Å². The van der Waals surface area contributed by atoms with Gasteiger partial charge in [-0.1, -0.05) is 6.07 Å². The molecule has 2 nitrogen and oxygen atoms in total. The molecular formula is C15H15F2NO. The van der Waals surface area contributed by atoms with Gasteiger partial charge < -0.3 is 9.67 Å². The second kappa shape index (κ2) is 4.78. The number of benzene rings is 1. The zero-order valence-electron chi connectivity index (χ0n) is 10.4. The number of halogens is 2. The molecule has 1 N–H and O–H groups in total. The van der Waals surface area contributed by atoms with Crippen LogP contribution in [0.4, 0.5) is 8.78 Å². The Morgan fingerprint density at radius 1 is 1.21 bits per heavy atom. The van der Waals surface area contributed by atoms with Crippen LogP contribution in [0.3, 0.4) is 0 Å². The van der Waals surface area contributed by atoms with Crippen molar-refractivity contribution in [2.45, 2.75) is 25.5 Å². The number of aliphatic hydroxyl groups excluding tert-OH is 1. The molecule has 1 saturated carbocycles. The summed E-state index contributed by atoms with van der Waals surface area (Å²) in [6.07, 6.45) is 5.15. The third kappa shape index (κ3) is 2.54. The van der Waals surface area contributed by atoms with Crippen LogP contribution in [0.15, 0.2) is 36.7 Å². The average Bonchev–Trinajstić information content (AvgIpc) is 3.13. The molecule has 1 aliphatic rings. The zero-order chi connectivity index (χ0) is 13.4. The van der Waals surface area contributed by atoms with Crippen LogP contribution in [0.2, 0.25) is 0 Å². The minimum Gasteiger partial charge on any atom is -0.388 e. The normalized spacial score (nSPS) is 16.6. The lowest BCUT2D eigenvalue weighted by atomic mass is 10.1. The Morgan fingerprint density at radius 2 is 1.89 bits per heavy atom. The second-order valence-corrected chi connectivity index (χ2v) is 5.10. The maximum atomic E-state index is 13.5. The summed E-state index contributed by atoms with van der Waals surface area (Å²) in [5.74, 6) is -0.739. The molecule has 1 aromatic heterocycles. The van der Waals surface area contributed by atoms with E-state index in [1.807, 2.05) is 6.07 Å². The Balaban J connectivity index is 1.80. The first-order chi connectivity index (χ1) is 9.15. The van der Waals surface area contributed by atoms with E-state index in [9.17, 15) is 13.9 Å². The van der Waals surface area contributed by atoms with Gasteiger partial charge in [-0.2, -0.15) is 0 Å². The Hall–Kier alpha value is -1.68. The molecule has 100 valence electrons. The lowest BCUT2D eigenvalue weighted by molar-refractivity contribution is 0.154. The largest absolute Gasteiger partial charge is 0.388 e. The molecule has 19 heavy (non-hydrogen) atoms. The van der Waals surface area contributed by atoms with Crippen LogP contribution in [0.25, 0.3) is 0 Å². The first-order valence-electron chi connectivity index (χ1n) is 6.42. The van der Waals surface area contributed by atoms with Crippen LogP contribution in [0, 0.1) is 17.6 Å². The molecular weight excluding hydrogens is 248 g/mol. The van der Waals surface area contributed by atoms with Crippen molar-refractivity contribution in [1.82, 2.24) is 4.57 Å². The van der Waals surface area contributed by atoms with Gasteiger partial charge >= 0.3 is 0 Å². The van der Waals surface area contributed by atoms with Gasteiger partial charge in [-0.3, -0.25) is 0 Å². The summed E-state index contributed by atoms with van der Waals surface area (Å²) in [6.45, 7) is 0.135. The van der Waals surface area contributed by atoms with Crippen molar-refractivity contribution in [3.63, 3.8) is 0 Å². The smallest absolute Gasteiger partial charge is 0.131 e. The maximum Gasteiger partial charge on any atom is 0.131 e. The van der Waals surface area contributed by atoms with Crippen molar-refractivity contribution in [3.05, 3.63) is 59.4 Å². The number of hydrogen-bond acceptors (Lipinski definition) is 1. The molecule has 0 bridgehead atoms. The van der Waals surface area contributed by atoms with Crippen molar-refractivity contribution in [2.24, 2.45) is 5.92 Å². The first-order valence-corrected chi connectivity index (χ1v) is 6.42. The highest BCUT2D eigenvalue weighted by atomic mass is 19.1. The summed E-state index contributed by atoms with van der Waals surface area (Å²) in [4.78, 5) is 0. The molecule has 0 spiro atoms. The fourth-order valence-electron chi connectivity index (χ4n) is 2.28. The van der Waals surface area contributed by atoms with Crippen LogP contribution in [0.5, 0.6) is 0 Å². The van der Waals surface area contributed by atoms with Crippen molar-refractivity contribution in [1.29, 1.82) is 0 Å². The predicted octanol–water partition coefficient (Wildman–Crippen LogP) is 3.26. The summed E-state index contributed by atoms with van der Waals surface area (Å²) < 4.78 is 28.8. The van der Waals surface area contributed by atoms with E-state index in [1.54, 1.807) is 17.0 Å². The van der Waals surface area contributed by atoms with Crippen molar-refractivity contribution < 1.29 is 13.9 Å². The van der Waals surface area contributed by atoms with Crippen LogP contribution in [0.1, 0.15) is 30.1 Å². The fourth-order valence-corrected chi connectivity index (χ4v) is 2.28. The summed E-state index contributed by atoms with van der Waals surface area (Å²) >= 11 is 0. The van der Waals surface area contributed by atoms with Gasteiger partial charge in [0.1, 0.15) is 11.6 Å². The Morgan fingerprint density at radius 3 is 2.53 bits per heavy atom. The molecule has 1 unspecified atom stereocenters. The molecule has 1 fully saturated rings. The number of rotatable bonds is 4. The van der Waals surface area contributed by atoms with Crippen LogP contribution in [-0.4, -0.2) is 9.67 Å². The lowest BCUT2D eigenvalue weighted by Gasteiger charge is -2.07. The molecule has 0 saturated heterocycles. The number of nitrogens with zero attached hydrogens (tertiary/aromatic N) is 1. The quantitative estimate of drug-likeness (QED) is 0.900. The standard InChI is InChI=1S/C15H15F2NO/c16-13-2-1-3-14(17)12(13)9-18-7-6-11(8-18)15(19)10-4-5-10/h1-3,6-8,10,15,19H,4-5,9H2. The lowest BCUT2D eigenvalue weighted by Crippen LogP contribution is -2.03. The van der Waals surface area contributed by atoms with Gasteiger partial charge in [0.05, 0.1) is 12.6 Å². The van der Waals surface area contributed by atoms with Crippen LogP contribution in [-0.2, 0) is 6.54 Å². The van der Waals surface area contributed by atoms with E-state index in [4.69, 9.17) is 0 Å². The van der Waals surface area contributed by atoms with Gasteiger partial charge in [0.2, 0.25) is 0 Å². The molecule has 4 heteroatoms. The molecule has 0 aliphatic heterocycles. The molecule has 2 aromatic rings. The van der Waals surface area contributed by atoms with Crippen LogP contribution < -0.4 is 0 Å². The minimum absolute atomic E-state index is 0.0468. The second-order valence-electron chi connectivity index (χ2n) is 5.10. The third-order valence-corrected chi connectivity index (χ3v) is 3.59. The molecule has 1 aliphatic carbocycles. The number of aromatic nitrogens is 1. The predicted molar refractivity (Wildman–Crippen MR) is 67.6 cm³/mol. The van der Waals surface area contributed by atoms with Crippen molar-refractivity contribution in [3.8, 4) is 0 Å². The summed E-state index contributed by atoms with van der Waals surface area (Å²) in [6, 6.07) is 5.66. The first kappa shape index (κ1) is 12.4. The molecule has 1 heterocycles. The van der Waals surface area contributed by atoms with Gasteiger partial charge in [0, 0.05) is 18.0 Å². The fraction of sp³-hybridized carbons (Fsp3) is 0.333. The van der Waals surface area contributed by atoms with Crippen molar-refractivity contribution in [2.75, 3.05) is 0 Å². The highest BCUT2D eigenvalue weighted by Crippen LogP contribution is 2.40. The maximum absolute atomic E-state index is 13.5. The number of aliphatic hydroxyl groups is 1. The highest BCUT2D eigenvalue weighted by Gasteiger charge is 2.31. The van der Waals surface area contributed by atoms with E-state index in [-0.39, 0.29) is 12.1 Å². The van der Waals surface area contributed by atoms with E-state index in [0.29, 0.717) is 5.92 Å². The molecule has 1 aromatic carbocycles. The molecule has 1 atom stereocenters. The van der Waals surface area contributed by atoms with Gasteiger partial charge in [-0.05, 0) is 42.5 Å². The Bertz CT molecular complexity index is 569. The Kier molecular flexibility index (Phi) is 3.11. The van der Waals surface area contributed by atoms with E-state index in [2.05, 4.69) is 0 Å². The van der Waals surface area contributed by atoms with Gasteiger partial charge in [0.25, 0.3) is 0 Å². The van der Waals surface area contributed by atoms with Crippen molar-refractivity contribution >= 4 is 0 Å².